The van der Waals surface area contributed by atoms with Crippen LogP contribution in [0.15, 0.2) is 66.7 Å². The van der Waals surface area contributed by atoms with Crippen molar-refractivity contribution in [2.75, 3.05) is 5.32 Å². The van der Waals surface area contributed by atoms with Gasteiger partial charge in [-0.2, -0.15) is 0 Å². The van der Waals surface area contributed by atoms with Crippen molar-refractivity contribution < 1.29 is 9.59 Å². The summed E-state index contributed by atoms with van der Waals surface area (Å²) in [5.41, 5.74) is 5.18. The van der Waals surface area contributed by atoms with Gasteiger partial charge < -0.3 is 10.2 Å². The van der Waals surface area contributed by atoms with Crippen LogP contribution >= 0.6 is 11.6 Å². The quantitative estimate of drug-likeness (QED) is 0.467. The van der Waals surface area contributed by atoms with E-state index < -0.39 is 0 Å². The molecule has 1 fully saturated rings. The Morgan fingerprint density at radius 1 is 1.00 bits per heavy atom. The Hall–Kier alpha value is -3.11. The molecule has 33 heavy (non-hydrogen) atoms. The predicted molar refractivity (Wildman–Crippen MR) is 133 cm³/mol. The lowest BCUT2D eigenvalue weighted by atomic mass is 9.86. The van der Waals surface area contributed by atoms with E-state index in [4.69, 9.17) is 11.6 Å². The number of hydrogen-bond donors (Lipinski definition) is 1. The smallest absolute Gasteiger partial charge is 0.255 e. The first-order valence-electron chi connectivity index (χ1n) is 11.6. The summed E-state index contributed by atoms with van der Waals surface area (Å²) in [5.74, 6) is 0.649. The molecule has 0 radical (unpaired) electrons. The van der Waals surface area contributed by atoms with Gasteiger partial charge in [0.05, 0.1) is 0 Å². The van der Waals surface area contributed by atoms with Crippen LogP contribution in [0.5, 0.6) is 0 Å². The molecule has 1 heterocycles. The van der Waals surface area contributed by atoms with E-state index in [-0.39, 0.29) is 11.8 Å². The average molecular weight is 459 g/mol. The molecule has 3 aromatic carbocycles. The molecule has 2 unspecified atom stereocenters. The van der Waals surface area contributed by atoms with Gasteiger partial charge in [0.15, 0.2) is 0 Å². The standard InChI is InChI=1S/C28H27ClN2O2/c1-18-4-2-7-25(14-18)31-17-22-9-8-20(16-26(22)28(31)33)19-10-12-24(13-11-19)30-27(32)21-5-3-6-23(29)15-21/h3,5-6,8-13,15-16,18,25H,2,4,7,14,17H2,1H3,(H,30,32). The van der Waals surface area contributed by atoms with Crippen molar-refractivity contribution >= 4 is 29.1 Å². The molecule has 0 saturated heterocycles. The number of carbonyl (C=O) groups excluding carboxylic acids is 2. The second-order valence-electron chi connectivity index (χ2n) is 9.27. The molecule has 2 amide bonds. The van der Waals surface area contributed by atoms with E-state index in [1.165, 1.54) is 12.8 Å². The normalized spacial score (nSPS) is 19.9. The van der Waals surface area contributed by atoms with Gasteiger partial charge in [0, 0.05) is 34.4 Å². The van der Waals surface area contributed by atoms with E-state index in [0.29, 0.717) is 28.2 Å². The van der Waals surface area contributed by atoms with E-state index in [1.807, 2.05) is 30.3 Å². The highest BCUT2D eigenvalue weighted by Crippen LogP contribution is 2.35. The lowest BCUT2D eigenvalue weighted by Gasteiger charge is -2.34. The molecule has 1 N–H and O–H groups in total. The number of benzene rings is 3. The maximum atomic E-state index is 13.2. The van der Waals surface area contributed by atoms with Crippen molar-refractivity contribution in [3.05, 3.63) is 88.4 Å². The van der Waals surface area contributed by atoms with E-state index in [1.54, 1.807) is 24.3 Å². The first-order chi connectivity index (χ1) is 16.0. The molecule has 168 valence electrons. The first kappa shape index (κ1) is 21.7. The van der Waals surface area contributed by atoms with Gasteiger partial charge in [0.1, 0.15) is 0 Å². The Morgan fingerprint density at radius 2 is 1.79 bits per heavy atom. The second kappa shape index (κ2) is 9.03. The van der Waals surface area contributed by atoms with Crippen LogP contribution in [0.2, 0.25) is 5.02 Å². The number of hydrogen-bond acceptors (Lipinski definition) is 2. The molecular weight excluding hydrogens is 432 g/mol. The van der Waals surface area contributed by atoms with E-state index in [2.05, 4.69) is 29.3 Å². The second-order valence-corrected chi connectivity index (χ2v) is 9.71. The zero-order valence-corrected chi connectivity index (χ0v) is 19.4. The molecule has 2 atom stereocenters. The van der Waals surface area contributed by atoms with Crippen molar-refractivity contribution in [1.82, 2.24) is 4.90 Å². The molecule has 0 bridgehead atoms. The Labute approximate surface area is 199 Å². The molecular formula is C28H27ClN2O2. The van der Waals surface area contributed by atoms with Crippen molar-refractivity contribution in [2.24, 2.45) is 5.92 Å². The molecule has 5 heteroatoms. The maximum Gasteiger partial charge on any atom is 0.255 e. The van der Waals surface area contributed by atoms with Crippen molar-refractivity contribution in [2.45, 2.75) is 45.2 Å². The van der Waals surface area contributed by atoms with Gasteiger partial charge in [-0.25, -0.2) is 0 Å². The van der Waals surface area contributed by atoms with E-state index >= 15 is 0 Å². The van der Waals surface area contributed by atoms with Gasteiger partial charge in [0.2, 0.25) is 0 Å². The van der Waals surface area contributed by atoms with Crippen LogP contribution in [0.25, 0.3) is 11.1 Å². The number of amides is 2. The third-order valence-electron chi connectivity index (χ3n) is 6.85. The monoisotopic (exact) mass is 458 g/mol. The van der Waals surface area contributed by atoms with Crippen LogP contribution < -0.4 is 5.32 Å². The summed E-state index contributed by atoms with van der Waals surface area (Å²) in [6, 6.07) is 21.1. The predicted octanol–water partition coefficient (Wildman–Crippen LogP) is 6.79. The number of rotatable bonds is 4. The topological polar surface area (TPSA) is 49.4 Å². The average Bonchev–Trinajstić information content (AvgIpc) is 3.15. The number of nitrogens with one attached hydrogen (secondary N) is 1. The number of anilines is 1. The Morgan fingerprint density at radius 3 is 2.55 bits per heavy atom. The molecule has 5 rings (SSSR count). The highest BCUT2D eigenvalue weighted by atomic mass is 35.5. The molecule has 0 aromatic heterocycles. The molecule has 2 aliphatic rings. The number of fused-ring (bicyclic) bond motifs is 1. The van der Waals surface area contributed by atoms with Crippen LogP contribution in [-0.4, -0.2) is 22.8 Å². The van der Waals surface area contributed by atoms with Gasteiger partial charge in [-0.05, 0) is 71.8 Å². The first-order valence-corrected chi connectivity index (χ1v) is 12.0. The summed E-state index contributed by atoms with van der Waals surface area (Å²) in [6.07, 6.45) is 4.69. The Bertz CT molecular complexity index is 1200. The van der Waals surface area contributed by atoms with Gasteiger partial charge in [-0.15, -0.1) is 0 Å². The zero-order chi connectivity index (χ0) is 22.9. The number of halogens is 1. The molecule has 1 aliphatic heterocycles. The summed E-state index contributed by atoms with van der Waals surface area (Å²) in [7, 11) is 0. The van der Waals surface area contributed by atoms with Crippen molar-refractivity contribution in [1.29, 1.82) is 0 Å². The van der Waals surface area contributed by atoms with Gasteiger partial charge >= 0.3 is 0 Å². The van der Waals surface area contributed by atoms with E-state index in [9.17, 15) is 9.59 Å². The maximum absolute atomic E-state index is 13.2. The fourth-order valence-corrected chi connectivity index (χ4v) is 5.25. The van der Waals surface area contributed by atoms with Crippen molar-refractivity contribution in [3.63, 3.8) is 0 Å². The fraction of sp³-hybridized carbons (Fsp3) is 0.286. The number of carbonyl (C=O) groups is 2. The molecule has 1 aliphatic carbocycles. The summed E-state index contributed by atoms with van der Waals surface area (Å²) in [6.45, 7) is 3.01. The zero-order valence-electron chi connectivity index (χ0n) is 18.7. The lowest BCUT2D eigenvalue weighted by molar-refractivity contribution is 0.0631. The molecule has 0 spiro atoms. The van der Waals surface area contributed by atoms with Crippen molar-refractivity contribution in [3.8, 4) is 11.1 Å². The van der Waals surface area contributed by atoms with E-state index in [0.717, 1.165) is 41.6 Å². The minimum absolute atomic E-state index is 0.163. The Balaban J connectivity index is 1.30. The highest BCUT2D eigenvalue weighted by Gasteiger charge is 2.34. The fourth-order valence-electron chi connectivity index (χ4n) is 5.06. The summed E-state index contributed by atoms with van der Waals surface area (Å²) >= 11 is 5.98. The molecule has 4 nitrogen and oxygen atoms in total. The Kier molecular flexibility index (Phi) is 5.94. The lowest BCUT2D eigenvalue weighted by Crippen LogP contribution is -2.38. The molecule has 3 aromatic rings. The largest absolute Gasteiger partial charge is 0.331 e. The minimum atomic E-state index is -0.203. The minimum Gasteiger partial charge on any atom is -0.331 e. The molecule has 1 saturated carbocycles. The third-order valence-corrected chi connectivity index (χ3v) is 7.09. The number of nitrogens with zero attached hydrogens (tertiary/aromatic N) is 1. The highest BCUT2D eigenvalue weighted by molar-refractivity contribution is 6.31. The third kappa shape index (κ3) is 4.53. The summed E-state index contributed by atoms with van der Waals surface area (Å²) in [4.78, 5) is 27.7. The van der Waals surface area contributed by atoms with Crippen LogP contribution in [0, 0.1) is 5.92 Å². The van der Waals surface area contributed by atoms with Crippen LogP contribution in [0.3, 0.4) is 0 Å². The van der Waals surface area contributed by atoms with Gasteiger partial charge in [0.25, 0.3) is 11.8 Å². The van der Waals surface area contributed by atoms with Crippen LogP contribution in [-0.2, 0) is 6.54 Å². The summed E-state index contributed by atoms with van der Waals surface area (Å²) < 4.78 is 0. The van der Waals surface area contributed by atoms with Gasteiger partial charge in [-0.1, -0.05) is 61.7 Å². The summed E-state index contributed by atoms with van der Waals surface area (Å²) in [5, 5.41) is 3.43. The van der Waals surface area contributed by atoms with Gasteiger partial charge in [-0.3, -0.25) is 9.59 Å². The van der Waals surface area contributed by atoms with Crippen LogP contribution in [0.1, 0.15) is 58.9 Å². The van der Waals surface area contributed by atoms with Crippen LogP contribution in [0.4, 0.5) is 5.69 Å². The SMILES string of the molecule is CC1CCCC(N2Cc3ccc(-c4ccc(NC(=O)c5cccc(Cl)c5)cc4)cc3C2=O)C1.